The van der Waals surface area contributed by atoms with Crippen molar-refractivity contribution in [2.24, 2.45) is 12.5 Å². The van der Waals surface area contributed by atoms with Crippen LogP contribution in [-0.4, -0.2) is 155 Å². The number of hydrogen-bond donors (Lipinski definition) is 5. The largest absolute Gasteiger partial charge is 0.470 e. The molecule has 0 spiro atoms. The number of aliphatic hydroxyl groups is 1. The number of carbonyl (C=O) groups is 4. The van der Waals surface area contributed by atoms with Gasteiger partial charge < -0.3 is 54.3 Å². The second kappa shape index (κ2) is 21.4. The van der Waals surface area contributed by atoms with E-state index in [1.54, 1.807) is 33.2 Å². The number of benzene rings is 2. The lowest BCUT2D eigenvalue weighted by Crippen LogP contribution is -2.62. The number of anilines is 6. The van der Waals surface area contributed by atoms with Crippen LogP contribution in [0.25, 0.3) is 0 Å². The molecule has 5 N–H and O–H groups in total. The number of imide groups is 1. The third-order valence-corrected chi connectivity index (χ3v) is 19.2. The summed E-state index contributed by atoms with van der Waals surface area (Å²) in [6, 6.07) is 12.6. The number of amides is 4. The Morgan fingerprint density at radius 3 is 2.28 bits per heavy atom. The number of aryl methyl sites for hydroxylation is 1. The maximum Gasteiger partial charge on any atom is 0.470 e. The van der Waals surface area contributed by atoms with Gasteiger partial charge in [0, 0.05) is 100 Å². The molecule has 2 aromatic carbocycles. The molecule has 0 radical (unpaired) electrons. The van der Waals surface area contributed by atoms with E-state index in [2.05, 4.69) is 70.2 Å². The van der Waals surface area contributed by atoms with Crippen molar-refractivity contribution < 1.29 is 43.2 Å². The third kappa shape index (κ3) is 10.9. The first-order chi connectivity index (χ1) is 38.4. The number of rotatable bonds is 13. The van der Waals surface area contributed by atoms with Crippen molar-refractivity contribution in [1.82, 2.24) is 28.8 Å². The monoisotopic (exact) mass is 1130 g/mol. The van der Waals surface area contributed by atoms with Crippen molar-refractivity contribution in [1.29, 1.82) is 0 Å². The number of aliphatic hydroxyl groups excluding tert-OH is 1. The predicted octanol–water partition coefficient (Wildman–Crippen LogP) is 6.42. The number of carbonyl (C=O) groups excluding carboxylic acids is 4. The van der Waals surface area contributed by atoms with E-state index in [1.807, 2.05) is 40.1 Å². The fourth-order valence-electron chi connectivity index (χ4n) is 14.7. The molecule has 21 nitrogen and oxygen atoms in total. The maximum absolute atomic E-state index is 14.3. The summed E-state index contributed by atoms with van der Waals surface area (Å²) < 4.78 is 20.4. The van der Waals surface area contributed by atoms with E-state index in [1.165, 1.54) is 26.8 Å². The van der Waals surface area contributed by atoms with Crippen LogP contribution in [0.3, 0.4) is 0 Å². The molecular weight excluding hydrogens is 1050 g/mol. The molecule has 2 aromatic heterocycles. The Morgan fingerprint density at radius 2 is 1.58 bits per heavy atom. The highest BCUT2D eigenvalue weighted by molar-refractivity contribution is 7.46. The first-order valence-electron chi connectivity index (χ1n) is 28.8. The quantitative estimate of drug-likeness (QED) is 0.0551. The first-order valence-corrected chi connectivity index (χ1v) is 30.4. The number of phosphoric acid groups is 1. The molecule has 3 saturated heterocycles. The fourth-order valence-corrected chi connectivity index (χ4v) is 15.4. The van der Waals surface area contributed by atoms with Gasteiger partial charge in [0.05, 0.1) is 46.3 Å². The smallest absolute Gasteiger partial charge is 0.391 e. The summed E-state index contributed by atoms with van der Waals surface area (Å²) in [6.45, 7) is 20.9. The highest BCUT2D eigenvalue weighted by Crippen LogP contribution is 2.48. The van der Waals surface area contributed by atoms with Crippen LogP contribution in [0.4, 0.5) is 34.4 Å². The lowest BCUT2D eigenvalue weighted by molar-refractivity contribution is -0.111. The van der Waals surface area contributed by atoms with Crippen LogP contribution in [0, 0.1) is 5.41 Å². The van der Waals surface area contributed by atoms with Crippen LogP contribution >= 0.6 is 7.82 Å². The molecule has 2 aliphatic carbocycles. The van der Waals surface area contributed by atoms with Crippen LogP contribution in [0.1, 0.15) is 135 Å². The van der Waals surface area contributed by atoms with Gasteiger partial charge in [-0.05, 0) is 151 Å². The minimum absolute atomic E-state index is 0.0130. The molecule has 6 atom stereocenters. The molecule has 0 bridgehead atoms. The van der Waals surface area contributed by atoms with Gasteiger partial charge in [0.2, 0.25) is 5.91 Å². The zero-order valence-electron chi connectivity index (χ0n) is 47.6. The van der Waals surface area contributed by atoms with Crippen molar-refractivity contribution in [3.63, 3.8) is 0 Å². The summed E-state index contributed by atoms with van der Waals surface area (Å²) in [5.74, 6) is -0.495. The van der Waals surface area contributed by atoms with E-state index in [4.69, 9.17) is 9.51 Å². The summed E-state index contributed by atoms with van der Waals surface area (Å²) in [4.78, 5) is 105. The average molecular weight is 1130 g/mol. The lowest BCUT2D eigenvalue weighted by Gasteiger charge is -2.48. The second-order valence-corrected chi connectivity index (χ2v) is 26.1. The predicted molar refractivity (Wildman–Crippen MR) is 309 cm³/mol. The third-order valence-electron chi connectivity index (χ3n) is 18.5. The van der Waals surface area contributed by atoms with Gasteiger partial charge in [-0.15, -0.1) is 0 Å². The fraction of sp³-hybridized carbons (Fsp3) is 0.559. The number of piperazine rings is 1. The van der Waals surface area contributed by atoms with Gasteiger partial charge in [-0.3, -0.25) is 38.3 Å². The summed E-state index contributed by atoms with van der Waals surface area (Å²) in [5, 5.41) is 17.8. The molecule has 5 aliphatic heterocycles. The number of hydrogen-bond acceptors (Lipinski definition) is 14. The van der Waals surface area contributed by atoms with Crippen LogP contribution in [0.5, 0.6) is 0 Å². The van der Waals surface area contributed by atoms with E-state index >= 15 is 0 Å². The molecule has 2 unspecified atom stereocenters. The normalized spacial score (nSPS) is 27.3. The van der Waals surface area contributed by atoms with Crippen molar-refractivity contribution in [2.75, 3.05) is 64.6 Å². The number of aromatic nitrogens is 3. The van der Waals surface area contributed by atoms with Crippen molar-refractivity contribution >= 4 is 65.8 Å². The van der Waals surface area contributed by atoms with Gasteiger partial charge >= 0.3 is 7.82 Å². The Morgan fingerprint density at radius 1 is 0.840 bits per heavy atom. The molecule has 7 heterocycles. The highest BCUT2D eigenvalue weighted by atomic mass is 31.2. The number of phosphoric ester groups is 1. The summed E-state index contributed by atoms with van der Waals surface area (Å²) in [6.07, 6.45) is 8.64. The molecule has 7 aliphatic rings. The van der Waals surface area contributed by atoms with Crippen molar-refractivity contribution in [3.8, 4) is 0 Å². The molecule has 4 aromatic rings. The summed E-state index contributed by atoms with van der Waals surface area (Å²) >= 11 is 0. The van der Waals surface area contributed by atoms with Gasteiger partial charge in [0.1, 0.15) is 11.5 Å². The number of nitrogens with one attached hydrogen (secondary N) is 2. The van der Waals surface area contributed by atoms with Crippen LogP contribution in [-0.2, 0) is 40.3 Å². The maximum atomic E-state index is 14.3. The second-order valence-electron chi connectivity index (χ2n) is 24.9. The van der Waals surface area contributed by atoms with Crippen LogP contribution < -0.4 is 30.9 Å². The number of nitrogens with zero attached hydrogens (tertiary/aromatic N) is 9. The number of piperidine rings is 2. The van der Waals surface area contributed by atoms with E-state index in [9.17, 15) is 43.4 Å². The van der Waals surface area contributed by atoms with Gasteiger partial charge in [0.25, 0.3) is 23.3 Å². The number of fused-ring (bicyclic) bond motifs is 4. The van der Waals surface area contributed by atoms with Gasteiger partial charge in [-0.25, -0.2) is 9.55 Å². The Bertz CT molecular complexity index is 3290. The molecular formula is C59H78N11O10P. The summed E-state index contributed by atoms with van der Waals surface area (Å²) in [5.41, 5.74) is 5.57. The SMILES string of the molecule is C=CC(=O)Nc1cc(Nc2nc(N3CCC[C@H](N4CCn5c(cc6c5CC(C)(C)C6)C4=O)[C@H]3C(C)O)cn(C)c2=O)ccc1N1CCN(C2CCN(c3ccc4c(c3)C(=O)N(C3CCC(C)(OP(=O)(O)O)CC3)C4=O)[C@H](C)C2)C[C@@H]1C. The standard InChI is InChI=1S/C59H78N11O10P/c1-9-51(72)61-45-29-39(60-53-57(76)63(8)34-50(62-53)69-21-10-11-47(52(69)37(4)71)68-26-25-67-48(56(68)75)28-38-31-58(5,6)32-49(38)67)12-15-46(45)66-24-23-64(33-36(66)3)41-18-22-65(35(2)27-41)42-13-14-43-44(30-42)55(74)70(54(43)73)40-16-19-59(7,20-17-40)80-81(77,78)79/h9,12-15,28-30,34-37,40-41,47,52,71H,1,10-11,16-27,31-33H2,2-8H3,(H,60,62)(H,61,72)(H2,77,78,79)/t35-,36+,37?,40?,41?,47+,52-,59?/m1/s1. The molecule has 434 valence electrons. The molecule has 4 fully saturated rings. The van der Waals surface area contributed by atoms with E-state index < -0.39 is 25.6 Å². The molecule has 11 rings (SSSR count). The Balaban J connectivity index is 0.744. The molecule has 22 heteroatoms. The van der Waals surface area contributed by atoms with Crippen molar-refractivity contribution in [2.45, 2.75) is 160 Å². The van der Waals surface area contributed by atoms with E-state index in [-0.39, 0.29) is 64.6 Å². The van der Waals surface area contributed by atoms with Crippen molar-refractivity contribution in [3.05, 3.63) is 99.7 Å². The topological polar surface area (TPSA) is 239 Å². The Hall–Kier alpha value is -6.35. The molecule has 4 amide bonds. The minimum atomic E-state index is -4.70. The van der Waals surface area contributed by atoms with E-state index in [0.717, 1.165) is 75.2 Å². The molecule has 1 saturated carbocycles. The first kappa shape index (κ1) is 56.5. The Kier molecular flexibility index (Phi) is 15.0. The summed E-state index contributed by atoms with van der Waals surface area (Å²) in [7, 11) is -3.02. The average Bonchev–Trinajstić information content (AvgIpc) is 4.05. The van der Waals surface area contributed by atoms with Crippen LogP contribution in [0.15, 0.2) is 66.1 Å². The zero-order chi connectivity index (χ0) is 57.6. The zero-order valence-corrected chi connectivity index (χ0v) is 48.5. The Labute approximate surface area is 473 Å². The van der Waals surface area contributed by atoms with Gasteiger partial charge in [0.15, 0.2) is 5.82 Å². The van der Waals surface area contributed by atoms with Gasteiger partial charge in [-0.1, -0.05) is 20.4 Å². The highest BCUT2D eigenvalue weighted by Gasteiger charge is 2.47. The minimum Gasteiger partial charge on any atom is -0.391 e. The van der Waals surface area contributed by atoms with E-state index in [0.29, 0.717) is 86.2 Å². The van der Waals surface area contributed by atoms with Crippen LogP contribution in [0.2, 0.25) is 0 Å². The molecule has 81 heavy (non-hydrogen) atoms. The lowest BCUT2D eigenvalue weighted by atomic mass is 9.83. The van der Waals surface area contributed by atoms with Gasteiger partial charge in [-0.2, -0.15) is 0 Å².